The standard InChI is InChI=1S/C14H19N5/c1-8-4-11-5-12(6-18-14(11)19-8)17-7-13(16)9(2)10(3)15/h4-6,9,15-17H,7H2,1-3H3,(H,18,19). The third kappa shape index (κ3) is 2.99. The average molecular weight is 257 g/mol. The number of aromatic amines is 1. The van der Waals surface area contributed by atoms with E-state index in [2.05, 4.69) is 15.3 Å². The van der Waals surface area contributed by atoms with Crippen molar-refractivity contribution in [2.45, 2.75) is 20.8 Å². The first kappa shape index (κ1) is 13.3. The van der Waals surface area contributed by atoms with Crippen LogP contribution in [0.3, 0.4) is 0 Å². The zero-order chi connectivity index (χ0) is 14.0. The highest BCUT2D eigenvalue weighted by Crippen LogP contribution is 2.17. The van der Waals surface area contributed by atoms with Gasteiger partial charge in [0, 0.05) is 28.4 Å². The molecule has 5 heteroatoms. The van der Waals surface area contributed by atoms with Crippen LogP contribution in [-0.2, 0) is 0 Å². The summed E-state index contributed by atoms with van der Waals surface area (Å²) in [6.45, 7) is 6.05. The summed E-state index contributed by atoms with van der Waals surface area (Å²) in [6.07, 6.45) is 1.76. The van der Waals surface area contributed by atoms with Crippen LogP contribution >= 0.6 is 0 Å². The van der Waals surface area contributed by atoms with Crippen LogP contribution < -0.4 is 5.32 Å². The number of hydrogen-bond donors (Lipinski definition) is 4. The lowest BCUT2D eigenvalue weighted by molar-refractivity contribution is 0.995. The lowest BCUT2D eigenvalue weighted by Crippen LogP contribution is -2.24. The van der Waals surface area contributed by atoms with Crippen LogP contribution in [0, 0.1) is 23.7 Å². The van der Waals surface area contributed by atoms with Gasteiger partial charge in [0.15, 0.2) is 0 Å². The number of hydrogen-bond acceptors (Lipinski definition) is 4. The summed E-state index contributed by atoms with van der Waals surface area (Å²) in [5, 5.41) is 19.7. The molecule has 0 aromatic carbocycles. The van der Waals surface area contributed by atoms with Crippen molar-refractivity contribution >= 4 is 28.1 Å². The van der Waals surface area contributed by atoms with Crippen molar-refractivity contribution in [1.29, 1.82) is 10.8 Å². The van der Waals surface area contributed by atoms with E-state index in [0.717, 1.165) is 22.4 Å². The van der Waals surface area contributed by atoms with Crippen molar-refractivity contribution < 1.29 is 0 Å². The Morgan fingerprint density at radius 1 is 1.42 bits per heavy atom. The lowest BCUT2D eigenvalue weighted by atomic mass is 10.0. The predicted octanol–water partition coefficient (Wildman–Crippen LogP) is 2.98. The number of anilines is 1. The molecule has 0 amide bonds. The highest BCUT2D eigenvalue weighted by atomic mass is 14.9. The molecule has 0 aliphatic heterocycles. The third-order valence-corrected chi connectivity index (χ3v) is 3.26. The maximum absolute atomic E-state index is 7.91. The summed E-state index contributed by atoms with van der Waals surface area (Å²) < 4.78 is 0. The first-order valence-electron chi connectivity index (χ1n) is 6.29. The fourth-order valence-corrected chi connectivity index (χ4v) is 1.86. The van der Waals surface area contributed by atoms with Gasteiger partial charge in [-0.3, -0.25) is 0 Å². The molecule has 1 atom stereocenters. The topological polar surface area (TPSA) is 88.4 Å². The zero-order valence-corrected chi connectivity index (χ0v) is 11.5. The van der Waals surface area contributed by atoms with E-state index in [0.29, 0.717) is 18.0 Å². The molecule has 0 saturated heterocycles. The van der Waals surface area contributed by atoms with Crippen LogP contribution in [0.25, 0.3) is 11.0 Å². The Morgan fingerprint density at radius 3 is 2.84 bits per heavy atom. The van der Waals surface area contributed by atoms with Gasteiger partial charge in [0.2, 0.25) is 0 Å². The first-order chi connectivity index (χ1) is 8.97. The largest absolute Gasteiger partial charge is 0.378 e. The summed E-state index contributed by atoms with van der Waals surface area (Å²) in [5.41, 5.74) is 3.88. The molecule has 1 unspecified atom stereocenters. The number of nitrogens with zero attached hydrogens (tertiary/aromatic N) is 1. The summed E-state index contributed by atoms with van der Waals surface area (Å²) in [6, 6.07) is 4.06. The van der Waals surface area contributed by atoms with E-state index in [9.17, 15) is 0 Å². The molecule has 0 aliphatic carbocycles. The van der Waals surface area contributed by atoms with Crippen LogP contribution in [-0.4, -0.2) is 27.9 Å². The minimum absolute atomic E-state index is 0.112. The van der Waals surface area contributed by atoms with Crippen molar-refractivity contribution in [2.75, 3.05) is 11.9 Å². The minimum atomic E-state index is -0.112. The summed E-state index contributed by atoms with van der Waals surface area (Å²) >= 11 is 0. The van der Waals surface area contributed by atoms with Crippen LogP contribution in [0.1, 0.15) is 19.5 Å². The number of nitrogens with one attached hydrogen (secondary N) is 4. The van der Waals surface area contributed by atoms with Crippen LogP contribution in [0.4, 0.5) is 5.69 Å². The number of fused-ring (bicyclic) bond motifs is 1. The zero-order valence-electron chi connectivity index (χ0n) is 11.5. The number of aromatic nitrogens is 2. The fraction of sp³-hybridized carbons (Fsp3) is 0.357. The van der Waals surface area contributed by atoms with E-state index in [-0.39, 0.29) is 5.92 Å². The van der Waals surface area contributed by atoms with Gasteiger partial charge >= 0.3 is 0 Å². The number of aryl methyl sites for hydroxylation is 1. The SMILES string of the molecule is CC(=N)C(C)C(=N)CNc1cnc2[nH]c(C)cc2c1. The summed E-state index contributed by atoms with van der Waals surface area (Å²) in [5.74, 6) is -0.112. The van der Waals surface area contributed by atoms with E-state index >= 15 is 0 Å². The molecule has 19 heavy (non-hydrogen) atoms. The molecule has 0 bridgehead atoms. The number of H-pyrrole nitrogens is 1. The molecule has 100 valence electrons. The molecule has 4 N–H and O–H groups in total. The van der Waals surface area contributed by atoms with Gasteiger partial charge in [-0.25, -0.2) is 4.98 Å². The van der Waals surface area contributed by atoms with Gasteiger partial charge in [-0.05, 0) is 26.0 Å². The maximum atomic E-state index is 7.91. The van der Waals surface area contributed by atoms with Gasteiger partial charge in [-0.15, -0.1) is 0 Å². The Balaban J connectivity index is 2.05. The fourth-order valence-electron chi connectivity index (χ4n) is 1.86. The Morgan fingerprint density at radius 2 is 2.16 bits per heavy atom. The Labute approximate surface area is 112 Å². The molecule has 0 spiro atoms. The highest BCUT2D eigenvalue weighted by Gasteiger charge is 2.10. The molecular weight excluding hydrogens is 238 g/mol. The Kier molecular flexibility index (Phi) is 3.64. The molecule has 0 fully saturated rings. The molecule has 2 aromatic rings. The summed E-state index contributed by atoms with van der Waals surface area (Å²) in [7, 11) is 0. The van der Waals surface area contributed by atoms with Crippen molar-refractivity contribution in [2.24, 2.45) is 5.92 Å². The van der Waals surface area contributed by atoms with Crippen molar-refractivity contribution in [3.8, 4) is 0 Å². The molecule has 2 aromatic heterocycles. The van der Waals surface area contributed by atoms with Crippen molar-refractivity contribution in [3.05, 3.63) is 24.0 Å². The Bertz CT molecular complexity index is 626. The van der Waals surface area contributed by atoms with Crippen molar-refractivity contribution in [1.82, 2.24) is 9.97 Å². The molecule has 0 saturated carbocycles. The molecular formula is C14H19N5. The van der Waals surface area contributed by atoms with E-state index < -0.39 is 0 Å². The second-order valence-corrected chi connectivity index (χ2v) is 4.90. The van der Waals surface area contributed by atoms with Crippen LogP contribution in [0.2, 0.25) is 0 Å². The molecule has 0 radical (unpaired) electrons. The van der Waals surface area contributed by atoms with E-state index in [4.69, 9.17) is 10.8 Å². The molecule has 5 nitrogen and oxygen atoms in total. The van der Waals surface area contributed by atoms with Crippen LogP contribution in [0.5, 0.6) is 0 Å². The second kappa shape index (κ2) is 5.22. The van der Waals surface area contributed by atoms with Gasteiger partial charge in [-0.1, -0.05) is 6.92 Å². The summed E-state index contributed by atoms with van der Waals surface area (Å²) in [4.78, 5) is 7.50. The monoisotopic (exact) mass is 257 g/mol. The maximum Gasteiger partial charge on any atom is 0.137 e. The predicted molar refractivity (Wildman–Crippen MR) is 79.6 cm³/mol. The molecule has 2 heterocycles. The van der Waals surface area contributed by atoms with Crippen LogP contribution in [0.15, 0.2) is 18.3 Å². The lowest BCUT2D eigenvalue weighted by Gasteiger charge is -2.13. The number of rotatable bonds is 5. The van der Waals surface area contributed by atoms with E-state index in [1.54, 1.807) is 13.1 Å². The van der Waals surface area contributed by atoms with E-state index in [1.807, 2.05) is 26.0 Å². The average Bonchev–Trinajstić information content (AvgIpc) is 2.74. The number of pyridine rings is 1. The minimum Gasteiger partial charge on any atom is -0.378 e. The first-order valence-corrected chi connectivity index (χ1v) is 6.29. The van der Waals surface area contributed by atoms with Gasteiger partial charge in [0.25, 0.3) is 0 Å². The normalized spacial score (nSPS) is 12.4. The van der Waals surface area contributed by atoms with Gasteiger partial charge in [0.1, 0.15) is 5.65 Å². The molecule has 0 aliphatic rings. The smallest absolute Gasteiger partial charge is 0.137 e. The van der Waals surface area contributed by atoms with Gasteiger partial charge < -0.3 is 21.1 Å². The quantitative estimate of drug-likeness (QED) is 0.620. The highest BCUT2D eigenvalue weighted by molar-refractivity contribution is 6.05. The van der Waals surface area contributed by atoms with Gasteiger partial charge in [-0.2, -0.15) is 0 Å². The molecule has 2 rings (SSSR count). The third-order valence-electron chi connectivity index (χ3n) is 3.26. The second-order valence-electron chi connectivity index (χ2n) is 4.90. The van der Waals surface area contributed by atoms with Gasteiger partial charge in [0.05, 0.1) is 18.4 Å². The van der Waals surface area contributed by atoms with Crippen molar-refractivity contribution in [3.63, 3.8) is 0 Å². The van der Waals surface area contributed by atoms with E-state index in [1.165, 1.54) is 0 Å². The Hall–Kier alpha value is -2.17.